The Hall–Kier alpha value is -6.96. The zero-order valence-corrected chi connectivity index (χ0v) is 40.2. The number of esters is 1. The maximum Gasteiger partial charge on any atom is 0.343 e. The van der Waals surface area contributed by atoms with Crippen molar-refractivity contribution in [3.05, 3.63) is 68.8 Å². The predicted molar refractivity (Wildman–Crippen MR) is 252 cm³/mol. The number of ether oxygens (including phenoxy) is 3. The minimum atomic E-state index is -3.59. The molecule has 21 nitrogen and oxygen atoms in total. The molecule has 372 valence electrons. The summed E-state index contributed by atoms with van der Waals surface area (Å²) < 4.78 is 41.5. The van der Waals surface area contributed by atoms with Gasteiger partial charge in [0, 0.05) is 54.2 Å². The van der Waals surface area contributed by atoms with Crippen LogP contribution in [0.25, 0.3) is 22.3 Å². The van der Waals surface area contributed by atoms with Crippen LogP contribution in [0.2, 0.25) is 0 Å². The molecule has 7 rings (SSSR count). The number of hydrogen-bond acceptors (Lipinski definition) is 16. The van der Waals surface area contributed by atoms with Crippen LogP contribution in [0, 0.1) is 29.6 Å². The molecule has 0 aliphatic carbocycles. The highest BCUT2D eigenvalue weighted by Gasteiger charge is 2.46. The zero-order valence-electron chi connectivity index (χ0n) is 39.4. The largest absolute Gasteiger partial charge is 0.458 e. The van der Waals surface area contributed by atoms with Crippen molar-refractivity contribution in [2.75, 3.05) is 32.7 Å². The van der Waals surface area contributed by atoms with E-state index in [0.29, 0.717) is 66.2 Å². The molecule has 70 heavy (non-hydrogen) atoms. The summed E-state index contributed by atoms with van der Waals surface area (Å²) in [7, 11) is -3.59. The fraction of sp³-hybridized carbons (Fsp3) is 0.479. The summed E-state index contributed by atoms with van der Waals surface area (Å²) in [5, 5.41) is 20.1. The minimum absolute atomic E-state index is 0.000839. The molecule has 0 spiro atoms. The number of rotatable bonds is 20. The third-order valence-electron chi connectivity index (χ3n) is 12.8. The second kappa shape index (κ2) is 21.4. The molecule has 8 N–H and O–H groups in total. The number of nitrogens with one attached hydrogen (secondary N) is 3. The molecule has 0 radical (unpaired) electrons. The van der Waals surface area contributed by atoms with Gasteiger partial charge in [-0.15, -0.1) is 0 Å². The molecule has 1 aromatic carbocycles. The molecule has 22 heteroatoms. The summed E-state index contributed by atoms with van der Waals surface area (Å²) >= 11 is 0. The predicted octanol–water partition coefficient (Wildman–Crippen LogP) is 0.986. The van der Waals surface area contributed by atoms with Gasteiger partial charge in [0.05, 0.1) is 53.0 Å². The van der Waals surface area contributed by atoms with E-state index < -0.39 is 75.0 Å². The monoisotopic (exact) mass is 983 g/mol. The van der Waals surface area contributed by atoms with Crippen molar-refractivity contribution in [1.29, 1.82) is 0 Å². The zero-order chi connectivity index (χ0) is 50.5. The average Bonchev–Trinajstić information content (AvgIpc) is 3.94. The number of cyclic esters (lactones) is 1. The fourth-order valence-corrected chi connectivity index (χ4v) is 9.61. The van der Waals surface area contributed by atoms with Gasteiger partial charge in [0.15, 0.2) is 17.1 Å². The number of nitrogens with zero attached hydrogens (tertiary/aromatic N) is 4. The molecular formula is C48H57N9O12S. The van der Waals surface area contributed by atoms with Gasteiger partial charge in [-0.3, -0.25) is 24.0 Å². The summed E-state index contributed by atoms with van der Waals surface area (Å²) in [6.07, 6.45) is 5.95. The van der Waals surface area contributed by atoms with Crippen LogP contribution in [0.4, 0.5) is 0 Å². The van der Waals surface area contributed by atoms with Gasteiger partial charge < -0.3 is 51.3 Å². The highest BCUT2D eigenvalue weighted by atomic mass is 32.2. The van der Waals surface area contributed by atoms with Gasteiger partial charge in [0.25, 0.3) is 5.56 Å². The van der Waals surface area contributed by atoms with Crippen molar-refractivity contribution < 1.29 is 51.7 Å². The van der Waals surface area contributed by atoms with Gasteiger partial charge in [0.2, 0.25) is 45.4 Å². The lowest BCUT2D eigenvalue weighted by Gasteiger charge is -2.31. The normalized spacial score (nSPS) is 16.8. The number of carbonyl (C=O) groups is 5. The number of nitrogens with two attached hydrogens (primary N) is 2. The highest BCUT2D eigenvalue weighted by Crippen LogP contribution is 2.43. The topological polar surface area (TPSA) is 316 Å². The van der Waals surface area contributed by atoms with Crippen molar-refractivity contribution in [3.63, 3.8) is 0 Å². The number of benzene rings is 1. The molecule has 3 aliphatic heterocycles. The standard InChI is InChI=1S/C48H57N9O12S/c1-5-48(64)33-18-36-41-31(23-57(36)45(62)32(33)24-67-46(48)63)28(30-17-37-38(69-25-68-37)19-35(30)55-41)13-10-16-51-39(58)22-52-43(60)34(14-8-9-15-49)56-44(61)40(26(2)3)29(42(50)59)12-7-6-11-27-20-53-47(54-21-27)70(4,65)66/h17-21,26,29,34,40,64H,5,7-10,12-16,22-25,49H2,1-4H3,(H2,50,59)(H,51,58)(H,52,60)(H,56,61)/t29?,34-,40-,48-/m0/s1. The van der Waals surface area contributed by atoms with E-state index in [9.17, 15) is 42.3 Å². The average molecular weight is 984 g/mol. The van der Waals surface area contributed by atoms with Gasteiger partial charge in [-0.25, -0.2) is 28.2 Å². The van der Waals surface area contributed by atoms with Crippen LogP contribution in [-0.2, 0) is 63.7 Å². The molecule has 6 heterocycles. The van der Waals surface area contributed by atoms with E-state index >= 15 is 0 Å². The van der Waals surface area contributed by atoms with E-state index in [2.05, 4.69) is 37.8 Å². The number of amides is 4. The lowest BCUT2D eigenvalue weighted by molar-refractivity contribution is -0.172. The summed E-state index contributed by atoms with van der Waals surface area (Å²) in [5.74, 6) is 1.33. The van der Waals surface area contributed by atoms with Crippen molar-refractivity contribution in [2.24, 2.45) is 29.2 Å². The van der Waals surface area contributed by atoms with Crippen LogP contribution in [0.3, 0.4) is 0 Å². The number of primary amides is 1. The second-order valence-corrected chi connectivity index (χ2v) is 19.8. The quantitative estimate of drug-likeness (QED) is 0.0274. The number of unbranched alkanes of at least 4 members (excludes halogenated alkanes) is 1. The SMILES string of the molecule is CC[C@@]1(O)C(=O)OCc2c1cc1n(c2=O)Cc2c-1nc1cc3c(cc1c2CCCNC(=O)CNC(=O)[C@H](CCCCN)NC(=O)[C@@H](C(C)C)C(CCC#Cc1cnc(S(C)(=O)=O)nc1)C(N)=O)OCO3. The first kappa shape index (κ1) is 50.9. The van der Waals surface area contributed by atoms with E-state index in [4.69, 9.17) is 30.7 Å². The molecule has 0 saturated heterocycles. The van der Waals surface area contributed by atoms with Gasteiger partial charge in [-0.2, -0.15) is 0 Å². The molecule has 4 amide bonds. The highest BCUT2D eigenvalue weighted by molar-refractivity contribution is 7.90. The molecule has 4 atom stereocenters. The van der Waals surface area contributed by atoms with Crippen molar-refractivity contribution >= 4 is 50.3 Å². The van der Waals surface area contributed by atoms with Crippen molar-refractivity contribution in [2.45, 2.75) is 102 Å². The third kappa shape index (κ3) is 10.8. The molecule has 0 bridgehead atoms. The minimum Gasteiger partial charge on any atom is -0.458 e. The second-order valence-electron chi connectivity index (χ2n) is 17.9. The Morgan fingerprint density at radius 3 is 2.37 bits per heavy atom. The Bertz CT molecular complexity index is 2970. The van der Waals surface area contributed by atoms with E-state index in [-0.39, 0.29) is 74.4 Å². The summed E-state index contributed by atoms with van der Waals surface area (Å²) in [4.78, 5) is 92.7. The Balaban J connectivity index is 0.991. The molecular weight excluding hydrogens is 927 g/mol. The van der Waals surface area contributed by atoms with E-state index in [1.54, 1.807) is 37.5 Å². The molecule has 1 unspecified atom stereocenters. The maximum atomic E-state index is 13.9. The lowest BCUT2D eigenvalue weighted by Crippen LogP contribution is -2.52. The summed E-state index contributed by atoms with van der Waals surface area (Å²) in [6, 6.07) is 4.20. The Kier molecular flexibility index (Phi) is 15.5. The third-order valence-corrected chi connectivity index (χ3v) is 13.7. The fourth-order valence-electron chi connectivity index (χ4n) is 9.13. The van der Waals surface area contributed by atoms with E-state index in [0.717, 1.165) is 22.8 Å². The number of fused-ring (bicyclic) bond motifs is 6. The number of sulfone groups is 1. The first-order chi connectivity index (χ1) is 33.4. The number of hydrogen-bond donors (Lipinski definition) is 6. The number of aryl methyl sites for hydroxylation is 1. The van der Waals surface area contributed by atoms with Crippen LogP contribution in [0.5, 0.6) is 11.5 Å². The molecule has 3 aromatic heterocycles. The van der Waals surface area contributed by atoms with Crippen LogP contribution >= 0.6 is 0 Å². The first-order valence-corrected chi connectivity index (χ1v) is 25.0. The first-order valence-electron chi connectivity index (χ1n) is 23.1. The van der Waals surface area contributed by atoms with E-state index in [1.165, 1.54) is 12.4 Å². The Morgan fingerprint density at radius 2 is 1.70 bits per heavy atom. The van der Waals surface area contributed by atoms with Crippen LogP contribution in [0.15, 0.2) is 40.5 Å². The molecule has 0 saturated carbocycles. The maximum absolute atomic E-state index is 13.9. The van der Waals surface area contributed by atoms with Crippen LogP contribution in [0.1, 0.15) is 93.5 Å². The van der Waals surface area contributed by atoms with Gasteiger partial charge in [0.1, 0.15) is 12.6 Å². The number of aromatic nitrogens is 4. The molecule has 4 aromatic rings. The van der Waals surface area contributed by atoms with Crippen molar-refractivity contribution in [3.8, 4) is 34.7 Å². The Morgan fingerprint density at radius 1 is 0.971 bits per heavy atom. The van der Waals surface area contributed by atoms with E-state index in [1.807, 2.05) is 6.07 Å². The molecule has 3 aliphatic rings. The number of carbonyl (C=O) groups excluding carboxylic acids is 5. The van der Waals surface area contributed by atoms with Crippen LogP contribution < -0.4 is 42.5 Å². The van der Waals surface area contributed by atoms with Gasteiger partial charge in [-0.05, 0) is 75.1 Å². The number of pyridine rings is 2. The molecule has 0 fully saturated rings. The van der Waals surface area contributed by atoms with Crippen LogP contribution in [-0.4, -0.2) is 101 Å². The lowest BCUT2D eigenvalue weighted by atomic mass is 9.79. The summed E-state index contributed by atoms with van der Waals surface area (Å²) in [5.41, 5.74) is 13.1. The summed E-state index contributed by atoms with van der Waals surface area (Å²) in [6.45, 7) is 5.28. The number of aliphatic hydroxyl groups is 1. The van der Waals surface area contributed by atoms with Gasteiger partial charge in [-0.1, -0.05) is 32.6 Å². The Labute approximate surface area is 403 Å². The van der Waals surface area contributed by atoms with Gasteiger partial charge >= 0.3 is 5.97 Å². The smallest absolute Gasteiger partial charge is 0.343 e. The van der Waals surface area contributed by atoms with Crippen molar-refractivity contribution in [1.82, 2.24) is 35.5 Å².